The van der Waals surface area contributed by atoms with E-state index in [1.165, 1.54) is 5.01 Å². The molecule has 3 aromatic rings. The molecule has 0 bridgehead atoms. The van der Waals surface area contributed by atoms with Crippen molar-refractivity contribution in [2.75, 3.05) is 6.61 Å². The van der Waals surface area contributed by atoms with Gasteiger partial charge in [-0.3, -0.25) is 4.79 Å². The second-order valence-electron chi connectivity index (χ2n) is 7.92. The summed E-state index contributed by atoms with van der Waals surface area (Å²) in [6, 6.07) is 14.1. The molecule has 0 spiro atoms. The number of rotatable bonds is 5. The first-order chi connectivity index (χ1) is 16.1. The lowest BCUT2D eigenvalue weighted by Gasteiger charge is -2.27. The number of ether oxygens (including phenoxy) is 1. The van der Waals surface area contributed by atoms with Crippen molar-refractivity contribution in [2.45, 2.75) is 25.3 Å². The molecule has 168 valence electrons. The molecule has 33 heavy (non-hydrogen) atoms. The lowest BCUT2D eigenvalue weighted by Crippen LogP contribution is -2.34. The van der Waals surface area contributed by atoms with Crippen molar-refractivity contribution in [1.82, 2.24) is 5.01 Å². The fourth-order valence-corrected chi connectivity index (χ4v) is 5.00. The van der Waals surface area contributed by atoms with E-state index in [-0.39, 0.29) is 12.0 Å². The Bertz CT molecular complexity index is 1210. The van der Waals surface area contributed by atoms with Crippen LogP contribution >= 0.6 is 22.6 Å². The van der Waals surface area contributed by atoms with E-state index in [2.05, 4.69) is 22.6 Å². The topological polar surface area (TPSA) is 85.3 Å². The van der Waals surface area contributed by atoms with Crippen molar-refractivity contribution in [3.8, 4) is 0 Å². The maximum Gasteiger partial charge on any atom is 0.339 e. The number of hydrogen-bond donors (Lipinski definition) is 0. The van der Waals surface area contributed by atoms with Gasteiger partial charge in [-0.25, -0.2) is 9.80 Å². The number of hydrazone groups is 1. The summed E-state index contributed by atoms with van der Waals surface area (Å²) < 4.78 is 17.3. The Labute approximate surface area is 204 Å². The van der Waals surface area contributed by atoms with Crippen LogP contribution in [0.15, 0.2) is 80.6 Å². The molecule has 1 saturated carbocycles. The van der Waals surface area contributed by atoms with E-state index in [0.29, 0.717) is 11.3 Å². The first kappa shape index (κ1) is 21.7. The summed E-state index contributed by atoms with van der Waals surface area (Å²) in [5.41, 5.74) is 2.33. The fourth-order valence-electron chi connectivity index (χ4n) is 4.39. The van der Waals surface area contributed by atoms with Crippen LogP contribution in [0.1, 0.15) is 47.2 Å². The number of carbonyl (C=O) groups excluding carboxylic acids is 2. The summed E-state index contributed by atoms with van der Waals surface area (Å²) >= 11 is 2.07. The molecule has 1 amide bonds. The van der Waals surface area contributed by atoms with Gasteiger partial charge in [0.15, 0.2) is 6.61 Å². The number of benzene rings is 1. The molecule has 1 fully saturated rings. The second kappa shape index (κ2) is 9.38. The van der Waals surface area contributed by atoms with Crippen LogP contribution in [0, 0.1) is 9.49 Å². The quantitative estimate of drug-likeness (QED) is 0.308. The number of hydrogen-bond acceptors (Lipinski definition) is 6. The zero-order valence-corrected chi connectivity index (χ0v) is 19.8. The highest BCUT2D eigenvalue weighted by molar-refractivity contribution is 14.1. The first-order valence-corrected chi connectivity index (χ1v) is 11.8. The number of halogens is 1. The Kier molecular flexibility index (Phi) is 6.17. The van der Waals surface area contributed by atoms with Crippen molar-refractivity contribution in [1.29, 1.82) is 0 Å². The Morgan fingerprint density at radius 2 is 1.94 bits per heavy atom. The van der Waals surface area contributed by atoms with Crippen molar-refractivity contribution in [3.63, 3.8) is 0 Å². The van der Waals surface area contributed by atoms with E-state index in [1.54, 1.807) is 30.7 Å². The van der Waals surface area contributed by atoms with Crippen LogP contribution < -0.4 is 0 Å². The molecular weight excluding hydrogens is 535 g/mol. The van der Waals surface area contributed by atoms with Crippen molar-refractivity contribution < 1.29 is 23.2 Å². The maximum atomic E-state index is 13.2. The van der Waals surface area contributed by atoms with E-state index >= 15 is 0 Å². The third-order valence-corrected chi connectivity index (χ3v) is 6.81. The van der Waals surface area contributed by atoms with Gasteiger partial charge in [0.05, 0.1) is 23.8 Å². The van der Waals surface area contributed by atoms with Gasteiger partial charge < -0.3 is 13.6 Å². The Morgan fingerprint density at radius 1 is 1.12 bits per heavy atom. The van der Waals surface area contributed by atoms with E-state index in [4.69, 9.17) is 18.7 Å². The van der Waals surface area contributed by atoms with E-state index in [1.807, 2.05) is 36.4 Å². The van der Waals surface area contributed by atoms with Crippen LogP contribution in [-0.4, -0.2) is 29.2 Å². The number of fused-ring (bicyclic) bond motifs is 1. The molecule has 1 aliphatic carbocycles. The third-order valence-electron chi connectivity index (χ3n) is 5.87. The summed E-state index contributed by atoms with van der Waals surface area (Å²) in [5, 5.41) is 6.14. The van der Waals surface area contributed by atoms with Crippen molar-refractivity contribution >= 4 is 46.3 Å². The summed E-state index contributed by atoms with van der Waals surface area (Å²) in [4.78, 5) is 25.7. The second-order valence-corrected chi connectivity index (χ2v) is 9.09. The van der Waals surface area contributed by atoms with E-state index in [0.717, 1.165) is 39.9 Å². The molecule has 0 radical (unpaired) electrons. The lowest BCUT2D eigenvalue weighted by molar-refractivity contribution is -0.137. The highest BCUT2D eigenvalue weighted by Crippen LogP contribution is 2.44. The summed E-state index contributed by atoms with van der Waals surface area (Å²) in [7, 11) is 0. The van der Waals surface area contributed by atoms with Crippen LogP contribution in [0.25, 0.3) is 6.08 Å². The molecule has 1 aromatic carbocycles. The smallest absolute Gasteiger partial charge is 0.339 e. The molecule has 3 heterocycles. The van der Waals surface area contributed by atoms with Crippen LogP contribution in [0.4, 0.5) is 0 Å². The minimum absolute atomic E-state index is 0.000774. The zero-order valence-electron chi connectivity index (χ0n) is 17.6. The van der Waals surface area contributed by atoms with Gasteiger partial charge in [0.2, 0.25) is 0 Å². The first-order valence-electron chi connectivity index (χ1n) is 10.7. The van der Waals surface area contributed by atoms with Crippen LogP contribution in [0.5, 0.6) is 0 Å². The predicted molar refractivity (Wildman–Crippen MR) is 129 cm³/mol. The van der Waals surface area contributed by atoms with Gasteiger partial charge >= 0.3 is 5.97 Å². The Balaban J connectivity index is 1.40. The van der Waals surface area contributed by atoms with Crippen LogP contribution in [-0.2, 0) is 9.53 Å². The molecule has 2 atom stereocenters. The summed E-state index contributed by atoms with van der Waals surface area (Å²) in [6.45, 7) is -0.401. The fraction of sp³-hybridized carbons (Fsp3) is 0.240. The van der Waals surface area contributed by atoms with E-state index in [9.17, 15) is 9.59 Å². The maximum absolute atomic E-state index is 13.2. The number of nitrogens with zero attached hydrogens (tertiary/aromatic N) is 2. The average Bonchev–Trinajstić information content (AvgIpc) is 3.58. The predicted octanol–water partition coefficient (Wildman–Crippen LogP) is 5.46. The zero-order chi connectivity index (χ0) is 22.8. The van der Waals surface area contributed by atoms with Crippen molar-refractivity contribution in [3.05, 3.63) is 87.3 Å². The molecular formula is C25H21IN2O5. The van der Waals surface area contributed by atoms with Gasteiger partial charge in [0.25, 0.3) is 5.91 Å². The SMILES string of the molecule is O=C(OCC(=O)N1N=C2C(=Cc3ccco3)CCCC2C1c1ccco1)c1ccccc1I. The normalized spacial score (nSPS) is 21.1. The molecule has 2 unspecified atom stereocenters. The molecule has 8 heteroatoms. The lowest BCUT2D eigenvalue weighted by atomic mass is 9.79. The number of furan rings is 2. The number of carbonyl (C=O) groups is 2. The molecule has 5 rings (SSSR count). The minimum atomic E-state index is -0.537. The molecule has 1 aliphatic heterocycles. The van der Waals surface area contributed by atoms with Gasteiger partial charge in [0.1, 0.15) is 17.6 Å². The molecule has 0 N–H and O–H groups in total. The summed E-state index contributed by atoms with van der Waals surface area (Å²) in [6.07, 6.45) is 7.91. The van der Waals surface area contributed by atoms with Gasteiger partial charge in [-0.2, -0.15) is 5.10 Å². The molecule has 2 aliphatic rings. The number of esters is 1. The molecule has 2 aromatic heterocycles. The largest absolute Gasteiger partial charge is 0.467 e. The number of amides is 1. The molecule has 7 nitrogen and oxygen atoms in total. The Hall–Kier alpha value is -3.14. The Morgan fingerprint density at radius 3 is 2.70 bits per heavy atom. The monoisotopic (exact) mass is 556 g/mol. The minimum Gasteiger partial charge on any atom is -0.467 e. The van der Waals surface area contributed by atoms with Crippen LogP contribution in [0.2, 0.25) is 0 Å². The standard InChI is InChI=1S/C25H21IN2O5/c26-20-10-2-1-8-18(20)25(30)33-15-22(29)28-24(21-11-5-13-32-21)19-9-3-6-16(23(19)27-28)14-17-7-4-12-31-17/h1-2,4-5,7-8,10-14,19,24H,3,6,9,15H2. The highest BCUT2D eigenvalue weighted by atomic mass is 127. The summed E-state index contributed by atoms with van der Waals surface area (Å²) in [5.74, 6) is 0.482. The number of allylic oxidation sites excluding steroid dienone is 1. The van der Waals surface area contributed by atoms with Gasteiger partial charge in [0, 0.05) is 9.49 Å². The van der Waals surface area contributed by atoms with Crippen LogP contribution in [0.3, 0.4) is 0 Å². The van der Waals surface area contributed by atoms with Gasteiger partial charge in [-0.15, -0.1) is 0 Å². The van der Waals surface area contributed by atoms with Gasteiger partial charge in [-0.1, -0.05) is 12.1 Å². The molecule has 0 saturated heterocycles. The van der Waals surface area contributed by atoms with Crippen molar-refractivity contribution in [2.24, 2.45) is 11.0 Å². The third kappa shape index (κ3) is 4.39. The van der Waals surface area contributed by atoms with E-state index < -0.39 is 18.5 Å². The highest BCUT2D eigenvalue weighted by Gasteiger charge is 2.45. The van der Waals surface area contributed by atoms with Gasteiger partial charge in [-0.05, 0) is 89.9 Å². The average molecular weight is 556 g/mol.